The van der Waals surface area contributed by atoms with Crippen molar-refractivity contribution >= 4 is 33.6 Å². The molecule has 4 aromatic rings. The van der Waals surface area contributed by atoms with Crippen molar-refractivity contribution in [1.29, 1.82) is 5.26 Å². The Balaban J connectivity index is 1.81. The van der Waals surface area contributed by atoms with Gasteiger partial charge in [-0.2, -0.15) is 5.26 Å². The van der Waals surface area contributed by atoms with Gasteiger partial charge < -0.3 is 9.30 Å². The molecule has 0 radical (unpaired) electrons. The van der Waals surface area contributed by atoms with Gasteiger partial charge in [-0.15, -0.1) is 0 Å². The van der Waals surface area contributed by atoms with Gasteiger partial charge in [0.05, 0.1) is 23.7 Å². The number of aromatic nitrogens is 1. The molecule has 0 aliphatic carbocycles. The van der Waals surface area contributed by atoms with Crippen LogP contribution >= 0.6 is 0 Å². The molecule has 5 nitrogen and oxygen atoms in total. The second kappa shape index (κ2) is 7.57. The topological polar surface area (TPSA) is 67.0 Å². The maximum atomic E-state index is 12.4. The first-order valence-corrected chi connectivity index (χ1v) is 9.84. The number of fused-ring (bicyclic) bond motifs is 2. The van der Waals surface area contributed by atoms with E-state index in [2.05, 4.69) is 35.7 Å². The lowest BCUT2D eigenvalue weighted by molar-refractivity contribution is 0.0635. The van der Waals surface area contributed by atoms with Crippen LogP contribution in [0.25, 0.3) is 21.7 Å². The van der Waals surface area contributed by atoms with Crippen LogP contribution in [-0.2, 0) is 11.3 Å². The van der Waals surface area contributed by atoms with Crippen LogP contribution in [0, 0.1) is 11.3 Å². The molecule has 0 saturated carbocycles. The third-order valence-electron chi connectivity index (χ3n) is 4.87. The molecule has 150 valence electrons. The van der Waals surface area contributed by atoms with Crippen molar-refractivity contribution in [3.05, 3.63) is 77.9 Å². The summed E-state index contributed by atoms with van der Waals surface area (Å²) in [5.41, 5.74) is 1.99. The molecule has 3 aromatic carbocycles. The molecular formula is C25H23N3O2. The highest BCUT2D eigenvalue weighted by Crippen LogP contribution is 2.28. The lowest BCUT2D eigenvalue weighted by Crippen LogP contribution is -2.28. The maximum absolute atomic E-state index is 12.4. The van der Waals surface area contributed by atoms with Crippen molar-refractivity contribution in [1.82, 2.24) is 4.57 Å². The molecule has 1 N–H and O–H groups in total. The predicted octanol–water partition coefficient (Wildman–Crippen LogP) is 6.06. The molecule has 30 heavy (non-hydrogen) atoms. The van der Waals surface area contributed by atoms with Crippen molar-refractivity contribution in [2.45, 2.75) is 32.9 Å². The molecule has 0 spiro atoms. The Kier molecular flexibility index (Phi) is 4.93. The zero-order valence-electron chi connectivity index (χ0n) is 17.3. The average Bonchev–Trinajstić information content (AvgIpc) is 3.03. The van der Waals surface area contributed by atoms with Crippen molar-refractivity contribution in [3.8, 4) is 6.07 Å². The standard InChI is InChI=1S/C25H23N3O2/c1-25(2,3)30-24(29)27-23-14-19-12-11-17(15-26)13-22(19)28(23)16-20-9-6-8-18-7-4-5-10-21(18)20/h4-14H,16H2,1-3H3,(H,27,29). The van der Waals surface area contributed by atoms with E-state index in [9.17, 15) is 10.1 Å². The second-order valence-corrected chi connectivity index (χ2v) is 8.27. The van der Waals surface area contributed by atoms with Crippen LogP contribution in [-0.4, -0.2) is 16.3 Å². The van der Waals surface area contributed by atoms with Crippen LogP contribution in [0.15, 0.2) is 66.7 Å². The summed E-state index contributed by atoms with van der Waals surface area (Å²) in [5, 5.41) is 15.5. The number of hydrogen-bond acceptors (Lipinski definition) is 3. The fraction of sp³-hybridized carbons (Fsp3) is 0.200. The minimum Gasteiger partial charge on any atom is -0.444 e. The Hall–Kier alpha value is -3.78. The fourth-order valence-electron chi connectivity index (χ4n) is 3.61. The predicted molar refractivity (Wildman–Crippen MR) is 120 cm³/mol. The van der Waals surface area contributed by atoms with Gasteiger partial charge in [-0.05, 0) is 55.3 Å². The van der Waals surface area contributed by atoms with Crippen LogP contribution in [0.4, 0.5) is 10.6 Å². The highest BCUT2D eigenvalue weighted by molar-refractivity contribution is 5.92. The zero-order valence-corrected chi connectivity index (χ0v) is 17.3. The van der Waals surface area contributed by atoms with E-state index in [4.69, 9.17) is 4.74 Å². The van der Waals surface area contributed by atoms with Crippen molar-refractivity contribution in [3.63, 3.8) is 0 Å². The summed E-state index contributed by atoms with van der Waals surface area (Å²) >= 11 is 0. The minimum absolute atomic E-state index is 0.509. The summed E-state index contributed by atoms with van der Waals surface area (Å²) in [4.78, 5) is 12.4. The van der Waals surface area contributed by atoms with E-state index in [1.165, 1.54) is 0 Å². The van der Waals surface area contributed by atoms with Crippen LogP contribution in [0.5, 0.6) is 0 Å². The SMILES string of the molecule is CC(C)(C)OC(=O)Nc1cc2ccc(C#N)cc2n1Cc1cccc2ccccc12. The zero-order chi connectivity index (χ0) is 21.3. The average molecular weight is 397 g/mol. The number of ether oxygens (including phenoxy) is 1. The molecule has 0 bridgehead atoms. The van der Waals surface area contributed by atoms with E-state index < -0.39 is 11.7 Å². The third kappa shape index (κ3) is 3.99. The van der Waals surface area contributed by atoms with Crippen molar-refractivity contribution < 1.29 is 9.53 Å². The molecule has 1 heterocycles. The Morgan fingerprint density at radius 1 is 1.03 bits per heavy atom. The Labute approximate surface area is 175 Å². The first-order chi connectivity index (χ1) is 14.3. The van der Waals surface area contributed by atoms with Gasteiger partial charge in [-0.3, -0.25) is 5.32 Å². The molecule has 0 aliphatic heterocycles. The highest BCUT2D eigenvalue weighted by Gasteiger charge is 2.19. The number of anilines is 1. The Morgan fingerprint density at radius 3 is 2.57 bits per heavy atom. The third-order valence-corrected chi connectivity index (χ3v) is 4.87. The van der Waals surface area contributed by atoms with Crippen LogP contribution in [0.3, 0.4) is 0 Å². The summed E-state index contributed by atoms with van der Waals surface area (Å²) in [7, 11) is 0. The first-order valence-electron chi connectivity index (χ1n) is 9.84. The fourth-order valence-corrected chi connectivity index (χ4v) is 3.61. The molecule has 0 saturated heterocycles. The Bertz CT molecular complexity index is 1280. The van der Waals surface area contributed by atoms with Crippen LogP contribution < -0.4 is 5.32 Å². The lowest BCUT2D eigenvalue weighted by Gasteiger charge is -2.20. The quantitative estimate of drug-likeness (QED) is 0.457. The summed E-state index contributed by atoms with van der Waals surface area (Å²) in [6, 6.07) is 24.0. The van der Waals surface area contributed by atoms with E-state index in [-0.39, 0.29) is 0 Å². The molecule has 0 aliphatic rings. The van der Waals surface area contributed by atoms with E-state index in [1.807, 2.05) is 61.7 Å². The number of nitrogens with one attached hydrogen (secondary N) is 1. The number of rotatable bonds is 3. The van der Waals surface area contributed by atoms with Gasteiger partial charge in [0.2, 0.25) is 0 Å². The van der Waals surface area contributed by atoms with Gasteiger partial charge in [0.1, 0.15) is 11.4 Å². The summed E-state index contributed by atoms with van der Waals surface area (Å²) in [6.07, 6.45) is -0.509. The Morgan fingerprint density at radius 2 is 1.80 bits per heavy atom. The first kappa shape index (κ1) is 19.5. The summed E-state index contributed by atoms with van der Waals surface area (Å²) in [6.45, 7) is 6.04. The van der Waals surface area contributed by atoms with Gasteiger partial charge >= 0.3 is 6.09 Å². The van der Waals surface area contributed by atoms with Crippen LogP contribution in [0.1, 0.15) is 31.9 Å². The maximum Gasteiger partial charge on any atom is 0.413 e. The number of hydrogen-bond donors (Lipinski definition) is 1. The van der Waals surface area contributed by atoms with Crippen molar-refractivity contribution in [2.24, 2.45) is 0 Å². The van der Waals surface area contributed by atoms with Crippen molar-refractivity contribution in [2.75, 3.05) is 5.32 Å². The van der Waals surface area contributed by atoms with Gasteiger partial charge in [-0.1, -0.05) is 48.5 Å². The summed E-state index contributed by atoms with van der Waals surface area (Å²) < 4.78 is 7.46. The van der Waals surface area contributed by atoms with Gasteiger partial charge in [-0.25, -0.2) is 4.79 Å². The number of benzene rings is 3. The van der Waals surface area contributed by atoms with Gasteiger partial charge in [0.15, 0.2) is 0 Å². The number of nitriles is 1. The van der Waals surface area contributed by atoms with E-state index >= 15 is 0 Å². The van der Waals surface area contributed by atoms with Gasteiger partial charge in [0, 0.05) is 5.39 Å². The van der Waals surface area contributed by atoms with Crippen LogP contribution in [0.2, 0.25) is 0 Å². The molecule has 5 heteroatoms. The van der Waals surface area contributed by atoms with Gasteiger partial charge in [0.25, 0.3) is 0 Å². The summed E-state index contributed by atoms with van der Waals surface area (Å²) in [5.74, 6) is 0.627. The van der Waals surface area contributed by atoms with E-state index in [0.29, 0.717) is 17.9 Å². The smallest absolute Gasteiger partial charge is 0.413 e. The normalized spacial score (nSPS) is 11.4. The molecule has 4 rings (SSSR count). The molecule has 0 atom stereocenters. The number of amides is 1. The molecular weight excluding hydrogens is 374 g/mol. The van der Waals surface area contributed by atoms with E-state index in [0.717, 1.165) is 27.2 Å². The second-order valence-electron chi connectivity index (χ2n) is 8.27. The van der Waals surface area contributed by atoms with E-state index in [1.54, 1.807) is 6.07 Å². The molecule has 0 fully saturated rings. The molecule has 1 aromatic heterocycles. The highest BCUT2D eigenvalue weighted by atomic mass is 16.6. The number of nitrogens with zero attached hydrogens (tertiary/aromatic N) is 2. The number of carbonyl (C=O) groups is 1. The number of carbonyl (C=O) groups excluding carboxylic acids is 1. The largest absolute Gasteiger partial charge is 0.444 e. The molecule has 1 amide bonds. The lowest BCUT2D eigenvalue weighted by atomic mass is 10.0. The minimum atomic E-state index is -0.593. The monoisotopic (exact) mass is 397 g/mol. The molecule has 0 unspecified atom stereocenters.